The second kappa shape index (κ2) is 13.6. The first-order chi connectivity index (χ1) is 24.1. The van der Waals surface area contributed by atoms with Gasteiger partial charge in [-0.15, -0.1) is 0 Å². The number of furan rings is 1. The van der Waals surface area contributed by atoms with Crippen molar-refractivity contribution in [3.05, 3.63) is 88.4 Å². The quantitative estimate of drug-likeness (QED) is 0.383. The highest BCUT2D eigenvalue weighted by Gasteiger charge is 2.46. The van der Waals surface area contributed by atoms with Crippen molar-refractivity contribution in [2.75, 3.05) is 58.8 Å². The number of benzene rings is 2. The predicted molar refractivity (Wildman–Crippen MR) is 188 cm³/mol. The molecule has 0 bridgehead atoms. The first-order valence-electron chi connectivity index (χ1n) is 17.2. The fourth-order valence-corrected chi connectivity index (χ4v) is 8.57. The summed E-state index contributed by atoms with van der Waals surface area (Å²) in [6, 6.07) is 14.7. The number of hydrogen-bond acceptors (Lipinski definition) is 8. The van der Waals surface area contributed by atoms with Crippen LogP contribution in [0.5, 0.6) is 5.75 Å². The molecular weight excluding hydrogens is 659 g/mol. The van der Waals surface area contributed by atoms with Gasteiger partial charge >= 0.3 is 10.2 Å². The molecule has 2 atom stereocenters. The van der Waals surface area contributed by atoms with Crippen molar-refractivity contribution >= 4 is 39.7 Å². The van der Waals surface area contributed by atoms with Crippen molar-refractivity contribution in [2.45, 2.75) is 44.1 Å². The van der Waals surface area contributed by atoms with E-state index in [4.69, 9.17) is 9.15 Å². The van der Waals surface area contributed by atoms with Gasteiger partial charge in [-0.2, -0.15) is 12.7 Å². The third kappa shape index (κ3) is 6.28. The molecule has 50 heavy (non-hydrogen) atoms. The summed E-state index contributed by atoms with van der Waals surface area (Å²) in [6.07, 6.45) is 9.12. The standard InChI is InChI=1S/C37H43N5O7S/c1-39(2)50(46,47)38-35(43)25-11-13-30-31(22-25)42-23-27(36(44)40-15-17-41(18-16-40)37(45)32-10-7-19-49-32)20-26-21-28(48-3)12-14-29(26)34(42)33(30)24-8-5-4-6-9-24/h7,10-14,19-22,24,33-34H,4-6,8-9,15-18,23H2,1-3H3,(H,38,43). The minimum atomic E-state index is -4.00. The Morgan fingerprint density at radius 1 is 0.900 bits per heavy atom. The summed E-state index contributed by atoms with van der Waals surface area (Å²) < 4.78 is 39.2. The molecule has 12 nitrogen and oxygen atoms in total. The van der Waals surface area contributed by atoms with Gasteiger partial charge in [0.1, 0.15) is 5.75 Å². The zero-order valence-corrected chi connectivity index (χ0v) is 29.4. The summed E-state index contributed by atoms with van der Waals surface area (Å²) in [4.78, 5) is 46.4. The van der Waals surface area contributed by atoms with Crippen molar-refractivity contribution in [3.63, 3.8) is 0 Å². The molecule has 2 fully saturated rings. The Bertz CT molecular complexity index is 1930. The van der Waals surface area contributed by atoms with Gasteiger partial charge in [0.25, 0.3) is 17.7 Å². The lowest BCUT2D eigenvalue weighted by Gasteiger charge is -2.37. The number of fused-ring (bicyclic) bond motifs is 5. The normalized spacial score (nSPS) is 20.8. The molecule has 4 heterocycles. The van der Waals surface area contributed by atoms with Gasteiger partial charge in [0.2, 0.25) is 0 Å². The van der Waals surface area contributed by atoms with E-state index >= 15 is 0 Å². The Balaban J connectivity index is 1.25. The summed E-state index contributed by atoms with van der Waals surface area (Å²) in [7, 11) is 0.358. The van der Waals surface area contributed by atoms with Gasteiger partial charge in [-0.05, 0) is 77.9 Å². The Hall–Kier alpha value is -4.62. The number of piperazine rings is 1. The number of hydrogen-bond donors (Lipinski definition) is 1. The number of amides is 3. The number of nitrogens with zero attached hydrogens (tertiary/aromatic N) is 4. The monoisotopic (exact) mass is 701 g/mol. The molecule has 3 aliphatic heterocycles. The fraction of sp³-hybridized carbons (Fsp3) is 0.432. The van der Waals surface area contributed by atoms with Gasteiger partial charge in [-0.1, -0.05) is 31.4 Å². The Kier molecular flexibility index (Phi) is 9.21. The predicted octanol–water partition coefficient (Wildman–Crippen LogP) is 4.43. The highest BCUT2D eigenvalue weighted by Crippen LogP contribution is 2.57. The third-order valence-corrected chi connectivity index (χ3v) is 12.0. The SMILES string of the molecule is COc1ccc2c(c1)C=C(C(=O)N1CCN(C(=O)c3ccco3)CC1)CN1c3cc(C(=O)NS(=O)(=O)N(C)C)ccc3C(C3CCCCC3)C21. The molecule has 4 aliphatic rings. The molecule has 1 aliphatic carbocycles. The lowest BCUT2D eigenvalue weighted by Crippen LogP contribution is -2.51. The number of rotatable bonds is 7. The van der Waals surface area contributed by atoms with Crippen molar-refractivity contribution in [2.24, 2.45) is 5.92 Å². The lowest BCUT2D eigenvalue weighted by atomic mass is 9.73. The maximum absolute atomic E-state index is 14.4. The molecule has 0 radical (unpaired) electrons. The van der Waals surface area contributed by atoms with E-state index < -0.39 is 16.1 Å². The van der Waals surface area contributed by atoms with Crippen LogP contribution in [0.2, 0.25) is 0 Å². The van der Waals surface area contributed by atoms with Crippen LogP contribution >= 0.6 is 0 Å². The maximum atomic E-state index is 14.4. The molecule has 1 aromatic heterocycles. The molecule has 13 heteroatoms. The number of carbonyl (C=O) groups is 3. The molecule has 0 spiro atoms. The highest BCUT2D eigenvalue weighted by molar-refractivity contribution is 7.87. The van der Waals surface area contributed by atoms with Crippen LogP contribution in [0.4, 0.5) is 5.69 Å². The van der Waals surface area contributed by atoms with Crippen molar-refractivity contribution < 1.29 is 32.0 Å². The number of methoxy groups -OCH3 is 1. The first-order valence-corrected chi connectivity index (χ1v) is 18.7. The van der Waals surface area contributed by atoms with Crippen LogP contribution < -0.4 is 14.4 Å². The van der Waals surface area contributed by atoms with Crippen molar-refractivity contribution in [3.8, 4) is 5.75 Å². The average molecular weight is 702 g/mol. The zero-order valence-electron chi connectivity index (χ0n) is 28.6. The molecule has 3 amide bonds. The lowest BCUT2D eigenvalue weighted by molar-refractivity contribution is -0.128. The van der Waals surface area contributed by atoms with Crippen molar-refractivity contribution in [1.29, 1.82) is 0 Å². The summed E-state index contributed by atoms with van der Waals surface area (Å²) >= 11 is 0. The van der Waals surface area contributed by atoms with Gasteiger partial charge in [-0.25, -0.2) is 4.72 Å². The van der Waals surface area contributed by atoms with Gasteiger partial charge < -0.3 is 23.9 Å². The summed E-state index contributed by atoms with van der Waals surface area (Å²) in [6.45, 7) is 1.82. The molecule has 1 saturated carbocycles. The van der Waals surface area contributed by atoms with E-state index in [9.17, 15) is 22.8 Å². The molecule has 264 valence electrons. The zero-order chi connectivity index (χ0) is 35.2. The largest absolute Gasteiger partial charge is 0.497 e. The summed E-state index contributed by atoms with van der Waals surface area (Å²) in [5, 5.41) is 0. The second-order valence-corrected chi connectivity index (χ2v) is 15.6. The highest BCUT2D eigenvalue weighted by atomic mass is 32.2. The molecule has 2 aromatic carbocycles. The van der Waals surface area contributed by atoms with E-state index in [1.807, 2.05) is 24.3 Å². The maximum Gasteiger partial charge on any atom is 0.303 e. The van der Waals surface area contributed by atoms with Gasteiger partial charge in [0, 0.05) is 69.6 Å². The van der Waals surface area contributed by atoms with Crippen LogP contribution in [0, 0.1) is 5.92 Å². The van der Waals surface area contributed by atoms with Crippen molar-refractivity contribution in [1.82, 2.24) is 18.8 Å². The van der Waals surface area contributed by atoms with Gasteiger partial charge in [0.05, 0.1) is 19.4 Å². The van der Waals surface area contributed by atoms with Crippen LogP contribution in [-0.4, -0.2) is 94.2 Å². The van der Waals surface area contributed by atoms with E-state index in [2.05, 4.69) is 15.7 Å². The van der Waals surface area contributed by atoms with E-state index in [1.54, 1.807) is 41.2 Å². The molecule has 1 N–H and O–H groups in total. The fourth-order valence-electron chi connectivity index (χ4n) is 8.04. The van der Waals surface area contributed by atoms with Crippen LogP contribution in [0.3, 0.4) is 0 Å². The molecule has 3 aromatic rings. The average Bonchev–Trinajstić information content (AvgIpc) is 3.74. The molecular formula is C37H43N5O7S. The van der Waals surface area contributed by atoms with Gasteiger partial charge in [-0.3, -0.25) is 14.4 Å². The van der Waals surface area contributed by atoms with E-state index in [1.165, 1.54) is 26.8 Å². The number of ether oxygens (including phenoxy) is 1. The smallest absolute Gasteiger partial charge is 0.303 e. The summed E-state index contributed by atoms with van der Waals surface area (Å²) in [5.74, 6) is 0.459. The molecule has 2 unspecified atom stereocenters. The molecule has 1 saturated heterocycles. The van der Waals surface area contributed by atoms with Crippen LogP contribution in [-0.2, 0) is 15.0 Å². The van der Waals surface area contributed by atoms with Crippen LogP contribution in [0.25, 0.3) is 6.08 Å². The Labute approximate surface area is 292 Å². The minimum absolute atomic E-state index is 0.109. The summed E-state index contributed by atoms with van der Waals surface area (Å²) in [5.41, 5.74) is 4.75. The minimum Gasteiger partial charge on any atom is -0.497 e. The van der Waals surface area contributed by atoms with E-state index in [0.29, 0.717) is 50.0 Å². The number of carbonyl (C=O) groups excluding carboxylic acids is 3. The van der Waals surface area contributed by atoms with E-state index in [0.717, 1.165) is 52.4 Å². The van der Waals surface area contributed by atoms with Crippen LogP contribution in [0.1, 0.15) is 81.7 Å². The topological polar surface area (TPSA) is 133 Å². The third-order valence-electron chi connectivity index (χ3n) is 10.6. The number of nitrogens with one attached hydrogen (secondary N) is 1. The Morgan fingerprint density at radius 2 is 1.60 bits per heavy atom. The van der Waals surface area contributed by atoms with Crippen LogP contribution in [0.15, 0.2) is 64.8 Å². The molecule has 7 rings (SSSR count). The van der Waals surface area contributed by atoms with E-state index in [-0.39, 0.29) is 35.1 Å². The number of anilines is 1. The first kappa shape index (κ1) is 33.9. The van der Waals surface area contributed by atoms with Gasteiger partial charge in [0.15, 0.2) is 5.76 Å². The Morgan fingerprint density at radius 3 is 2.26 bits per heavy atom. The second-order valence-electron chi connectivity index (χ2n) is 13.7.